The number of anilines is 1. The predicted molar refractivity (Wildman–Crippen MR) is 63.9 cm³/mol. The maximum atomic E-state index is 11.7. The highest BCUT2D eigenvalue weighted by Gasteiger charge is 2.39. The summed E-state index contributed by atoms with van der Waals surface area (Å²) in [5.41, 5.74) is 0.718. The summed E-state index contributed by atoms with van der Waals surface area (Å²) in [5.74, 6) is 1.36. The molecule has 1 aliphatic carbocycles. The zero-order valence-electron chi connectivity index (χ0n) is 9.29. The molecular formula is C12H14ClNO2. The van der Waals surface area contributed by atoms with E-state index in [-0.39, 0.29) is 11.8 Å². The Kier molecular flexibility index (Phi) is 3.06. The summed E-state index contributed by atoms with van der Waals surface area (Å²) < 4.78 is 5.04. The van der Waals surface area contributed by atoms with Crippen LogP contribution in [0.1, 0.15) is 13.3 Å². The molecular weight excluding hydrogens is 226 g/mol. The molecule has 16 heavy (non-hydrogen) atoms. The lowest BCUT2D eigenvalue weighted by molar-refractivity contribution is -0.117. The van der Waals surface area contributed by atoms with Gasteiger partial charge in [-0.2, -0.15) is 0 Å². The van der Waals surface area contributed by atoms with Gasteiger partial charge in [-0.1, -0.05) is 18.5 Å². The van der Waals surface area contributed by atoms with Crippen LogP contribution in [-0.4, -0.2) is 13.0 Å². The summed E-state index contributed by atoms with van der Waals surface area (Å²) in [6, 6.07) is 5.23. The van der Waals surface area contributed by atoms with Gasteiger partial charge in [0.2, 0.25) is 5.91 Å². The molecule has 0 aromatic heterocycles. The molecule has 0 bridgehead atoms. The van der Waals surface area contributed by atoms with Crippen LogP contribution in [0.4, 0.5) is 5.69 Å². The van der Waals surface area contributed by atoms with E-state index in [1.807, 2.05) is 0 Å². The van der Waals surface area contributed by atoms with Gasteiger partial charge in [0.25, 0.3) is 0 Å². The minimum Gasteiger partial charge on any atom is -0.495 e. The summed E-state index contributed by atoms with van der Waals surface area (Å²) in [6.07, 6.45) is 0.982. The number of amides is 1. The fraction of sp³-hybridized carbons (Fsp3) is 0.417. The smallest absolute Gasteiger partial charge is 0.227 e. The molecule has 86 valence electrons. The Balaban J connectivity index is 2.04. The average Bonchev–Trinajstić information content (AvgIpc) is 2.96. The monoisotopic (exact) mass is 239 g/mol. The van der Waals surface area contributed by atoms with Crippen molar-refractivity contribution >= 4 is 23.2 Å². The molecule has 1 saturated carbocycles. The van der Waals surface area contributed by atoms with E-state index >= 15 is 0 Å². The molecule has 3 nitrogen and oxygen atoms in total. The SMILES string of the molecule is COc1ccc(NC(=O)[C@H]2C[C@@H]2C)cc1Cl. The number of carbonyl (C=O) groups excluding carboxylic acids is 1. The van der Waals surface area contributed by atoms with E-state index in [1.54, 1.807) is 25.3 Å². The van der Waals surface area contributed by atoms with E-state index in [0.29, 0.717) is 16.7 Å². The topological polar surface area (TPSA) is 38.3 Å². The molecule has 1 N–H and O–H groups in total. The van der Waals surface area contributed by atoms with Crippen molar-refractivity contribution in [1.82, 2.24) is 0 Å². The Hall–Kier alpha value is -1.22. The quantitative estimate of drug-likeness (QED) is 0.881. The van der Waals surface area contributed by atoms with E-state index < -0.39 is 0 Å². The van der Waals surface area contributed by atoms with E-state index in [2.05, 4.69) is 12.2 Å². The van der Waals surface area contributed by atoms with Gasteiger partial charge < -0.3 is 10.1 Å². The molecule has 1 fully saturated rings. The van der Waals surface area contributed by atoms with Crippen LogP contribution >= 0.6 is 11.6 Å². The van der Waals surface area contributed by atoms with Crippen LogP contribution in [0.2, 0.25) is 5.02 Å². The van der Waals surface area contributed by atoms with Gasteiger partial charge in [0, 0.05) is 11.6 Å². The lowest BCUT2D eigenvalue weighted by Gasteiger charge is -2.07. The summed E-state index contributed by atoms with van der Waals surface area (Å²) in [5, 5.41) is 3.35. The third kappa shape index (κ3) is 2.30. The van der Waals surface area contributed by atoms with E-state index in [0.717, 1.165) is 12.1 Å². The van der Waals surface area contributed by atoms with Crippen LogP contribution in [0.5, 0.6) is 5.75 Å². The molecule has 0 saturated heterocycles. The first kappa shape index (κ1) is 11.3. The lowest BCUT2D eigenvalue weighted by Crippen LogP contribution is -2.14. The third-order valence-corrected chi connectivity index (χ3v) is 3.16. The number of hydrogen-bond acceptors (Lipinski definition) is 2. The molecule has 0 unspecified atom stereocenters. The molecule has 1 aromatic carbocycles. The normalized spacial score (nSPS) is 22.7. The van der Waals surface area contributed by atoms with Gasteiger partial charge in [-0.3, -0.25) is 4.79 Å². The number of nitrogens with one attached hydrogen (secondary N) is 1. The second-order valence-electron chi connectivity index (χ2n) is 4.16. The molecule has 0 spiro atoms. The van der Waals surface area contributed by atoms with E-state index in [9.17, 15) is 4.79 Å². The summed E-state index contributed by atoms with van der Waals surface area (Å²) >= 11 is 5.96. The second kappa shape index (κ2) is 4.34. The number of halogens is 1. The maximum Gasteiger partial charge on any atom is 0.227 e. The van der Waals surface area contributed by atoms with Gasteiger partial charge in [0.1, 0.15) is 5.75 Å². The first-order chi connectivity index (χ1) is 7.61. The van der Waals surface area contributed by atoms with Gasteiger partial charge in [-0.05, 0) is 30.5 Å². The van der Waals surface area contributed by atoms with Gasteiger partial charge in [0.15, 0.2) is 0 Å². The summed E-state index contributed by atoms with van der Waals surface area (Å²) in [7, 11) is 1.56. The number of carbonyl (C=O) groups is 1. The molecule has 1 amide bonds. The van der Waals surface area contributed by atoms with Crippen molar-refractivity contribution in [1.29, 1.82) is 0 Å². The van der Waals surface area contributed by atoms with Crippen LogP contribution in [0.3, 0.4) is 0 Å². The zero-order chi connectivity index (χ0) is 11.7. The van der Waals surface area contributed by atoms with Crippen molar-refractivity contribution in [3.8, 4) is 5.75 Å². The number of ether oxygens (including phenoxy) is 1. The summed E-state index contributed by atoms with van der Waals surface area (Å²) in [4.78, 5) is 11.7. The van der Waals surface area contributed by atoms with Crippen LogP contribution in [-0.2, 0) is 4.79 Å². The highest BCUT2D eigenvalue weighted by molar-refractivity contribution is 6.32. The Bertz CT molecular complexity index is 419. The van der Waals surface area contributed by atoms with Crippen LogP contribution < -0.4 is 10.1 Å². The second-order valence-corrected chi connectivity index (χ2v) is 4.57. The molecule has 1 aliphatic rings. The number of hydrogen-bond donors (Lipinski definition) is 1. The molecule has 4 heteroatoms. The molecule has 2 rings (SSSR count). The Morgan fingerprint density at radius 1 is 1.56 bits per heavy atom. The summed E-state index contributed by atoms with van der Waals surface area (Å²) in [6.45, 7) is 2.07. The van der Waals surface area contributed by atoms with Crippen molar-refractivity contribution < 1.29 is 9.53 Å². The molecule has 0 aliphatic heterocycles. The minimum atomic E-state index is 0.0775. The van der Waals surface area contributed by atoms with Gasteiger partial charge >= 0.3 is 0 Å². The third-order valence-electron chi connectivity index (χ3n) is 2.87. The van der Waals surface area contributed by atoms with Crippen molar-refractivity contribution in [3.05, 3.63) is 23.2 Å². The van der Waals surface area contributed by atoms with Crippen molar-refractivity contribution in [3.63, 3.8) is 0 Å². The first-order valence-electron chi connectivity index (χ1n) is 5.26. The largest absolute Gasteiger partial charge is 0.495 e. The number of rotatable bonds is 3. The molecule has 0 radical (unpaired) electrons. The molecule has 1 aromatic rings. The van der Waals surface area contributed by atoms with Gasteiger partial charge in [-0.15, -0.1) is 0 Å². The predicted octanol–water partition coefficient (Wildman–Crippen LogP) is 2.94. The molecule has 2 atom stereocenters. The first-order valence-corrected chi connectivity index (χ1v) is 5.64. The van der Waals surface area contributed by atoms with E-state index in [4.69, 9.17) is 16.3 Å². The van der Waals surface area contributed by atoms with Gasteiger partial charge in [0.05, 0.1) is 12.1 Å². The van der Waals surface area contributed by atoms with Crippen molar-refractivity contribution in [2.75, 3.05) is 12.4 Å². The number of benzene rings is 1. The zero-order valence-corrected chi connectivity index (χ0v) is 10.0. The van der Waals surface area contributed by atoms with Crippen molar-refractivity contribution in [2.45, 2.75) is 13.3 Å². The van der Waals surface area contributed by atoms with Crippen LogP contribution in [0.15, 0.2) is 18.2 Å². The average molecular weight is 240 g/mol. The van der Waals surface area contributed by atoms with Crippen LogP contribution in [0, 0.1) is 11.8 Å². The molecule has 0 heterocycles. The maximum absolute atomic E-state index is 11.7. The highest BCUT2D eigenvalue weighted by atomic mass is 35.5. The van der Waals surface area contributed by atoms with Gasteiger partial charge in [-0.25, -0.2) is 0 Å². The lowest BCUT2D eigenvalue weighted by atomic mass is 10.2. The highest BCUT2D eigenvalue weighted by Crippen LogP contribution is 2.38. The Morgan fingerprint density at radius 3 is 2.75 bits per heavy atom. The number of methoxy groups -OCH3 is 1. The fourth-order valence-corrected chi connectivity index (χ4v) is 1.92. The van der Waals surface area contributed by atoms with Crippen LogP contribution in [0.25, 0.3) is 0 Å². The standard InChI is InChI=1S/C12H14ClNO2/c1-7-5-9(7)12(15)14-8-3-4-11(16-2)10(13)6-8/h3-4,6-7,9H,5H2,1-2H3,(H,14,15)/t7-,9-/m0/s1. The Labute approximate surface area is 99.7 Å². The minimum absolute atomic E-state index is 0.0775. The fourth-order valence-electron chi connectivity index (χ4n) is 1.67. The Morgan fingerprint density at radius 2 is 2.25 bits per heavy atom. The van der Waals surface area contributed by atoms with E-state index in [1.165, 1.54) is 0 Å². The van der Waals surface area contributed by atoms with Crippen molar-refractivity contribution in [2.24, 2.45) is 11.8 Å².